The molecule has 0 aliphatic carbocycles. The second kappa shape index (κ2) is 5.40. The minimum Gasteiger partial charge on any atom is -0.269 e. The third-order valence-corrected chi connectivity index (χ3v) is 2.47. The van der Waals surface area contributed by atoms with Crippen LogP contribution in [0.3, 0.4) is 0 Å². The molecule has 0 aromatic heterocycles. The standard InChI is InChI=1S/C14H11F2NO/c15-14(16)17(12-9-5-2-6-10-12)13(18)11-7-3-1-4-8-11/h1-10,14H. The molecule has 0 saturated carbocycles. The average Bonchev–Trinajstić information content (AvgIpc) is 2.40. The molecular weight excluding hydrogens is 236 g/mol. The molecule has 2 aromatic rings. The minimum atomic E-state index is -2.87. The summed E-state index contributed by atoms with van der Waals surface area (Å²) in [5.41, 5.74) is 0.419. The summed E-state index contributed by atoms with van der Waals surface area (Å²) in [5.74, 6) is -0.711. The van der Waals surface area contributed by atoms with Crippen molar-refractivity contribution in [2.45, 2.75) is 6.55 Å². The first-order valence-corrected chi connectivity index (χ1v) is 5.42. The molecular formula is C14H11F2NO. The van der Waals surface area contributed by atoms with Gasteiger partial charge in [0, 0.05) is 11.3 Å². The Bertz CT molecular complexity index is 514. The summed E-state index contributed by atoms with van der Waals surface area (Å²) in [5, 5.41) is 0. The molecule has 0 unspecified atom stereocenters. The number of halogens is 2. The molecule has 0 N–H and O–H groups in total. The van der Waals surface area contributed by atoms with Gasteiger partial charge in [-0.15, -0.1) is 0 Å². The Morgan fingerprint density at radius 2 is 1.39 bits per heavy atom. The van der Waals surface area contributed by atoms with Crippen molar-refractivity contribution in [2.75, 3.05) is 4.90 Å². The minimum absolute atomic E-state index is 0.182. The van der Waals surface area contributed by atoms with E-state index in [0.717, 1.165) is 0 Å². The van der Waals surface area contributed by atoms with Gasteiger partial charge in [-0.05, 0) is 24.3 Å². The van der Waals surface area contributed by atoms with Crippen LogP contribution in [0.5, 0.6) is 0 Å². The Morgan fingerprint density at radius 1 is 0.889 bits per heavy atom. The Morgan fingerprint density at radius 3 is 1.89 bits per heavy atom. The van der Waals surface area contributed by atoms with E-state index >= 15 is 0 Å². The van der Waals surface area contributed by atoms with Gasteiger partial charge in [0.2, 0.25) is 0 Å². The predicted octanol–water partition coefficient (Wildman–Crippen LogP) is 3.56. The summed E-state index contributed by atoms with van der Waals surface area (Å²) < 4.78 is 26.1. The Balaban J connectivity index is 2.35. The fourth-order valence-electron chi connectivity index (χ4n) is 1.63. The zero-order valence-corrected chi connectivity index (χ0v) is 9.46. The van der Waals surface area contributed by atoms with Gasteiger partial charge in [0.15, 0.2) is 0 Å². The van der Waals surface area contributed by atoms with Crippen LogP contribution >= 0.6 is 0 Å². The number of hydrogen-bond acceptors (Lipinski definition) is 1. The number of amides is 1. The number of nitrogens with zero attached hydrogens (tertiary/aromatic N) is 1. The molecule has 1 amide bonds. The summed E-state index contributed by atoms with van der Waals surface area (Å²) in [6.07, 6.45) is 0. The van der Waals surface area contributed by atoms with Crippen molar-refractivity contribution in [1.29, 1.82) is 0 Å². The van der Waals surface area contributed by atoms with Crippen LogP contribution in [-0.4, -0.2) is 12.5 Å². The quantitative estimate of drug-likeness (QED) is 0.759. The first-order valence-electron chi connectivity index (χ1n) is 5.42. The van der Waals surface area contributed by atoms with E-state index in [-0.39, 0.29) is 11.3 Å². The lowest BCUT2D eigenvalue weighted by atomic mass is 10.2. The molecule has 0 aliphatic heterocycles. The Hall–Kier alpha value is -2.23. The van der Waals surface area contributed by atoms with Crippen LogP contribution in [0.2, 0.25) is 0 Å². The van der Waals surface area contributed by atoms with Crippen molar-refractivity contribution in [3.05, 3.63) is 66.2 Å². The van der Waals surface area contributed by atoms with Crippen molar-refractivity contribution in [2.24, 2.45) is 0 Å². The molecule has 18 heavy (non-hydrogen) atoms. The maximum Gasteiger partial charge on any atom is 0.321 e. The summed E-state index contributed by atoms with van der Waals surface area (Å²) in [6.45, 7) is -2.87. The molecule has 4 heteroatoms. The van der Waals surface area contributed by atoms with Gasteiger partial charge in [-0.3, -0.25) is 9.69 Å². The first-order chi connectivity index (χ1) is 8.70. The summed E-state index contributed by atoms with van der Waals surface area (Å²) >= 11 is 0. The molecule has 0 spiro atoms. The lowest BCUT2D eigenvalue weighted by Gasteiger charge is -2.21. The van der Waals surface area contributed by atoms with E-state index in [9.17, 15) is 13.6 Å². The van der Waals surface area contributed by atoms with E-state index in [1.54, 1.807) is 36.4 Å². The van der Waals surface area contributed by atoms with Crippen molar-refractivity contribution < 1.29 is 13.6 Å². The van der Waals surface area contributed by atoms with Crippen LogP contribution < -0.4 is 4.90 Å². The number of hydrogen-bond donors (Lipinski definition) is 0. The maximum absolute atomic E-state index is 13.0. The van der Waals surface area contributed by atoms with E-state index in [1.165, 1.54) is 24.3 Å². The van der Waals surface area contributed by atoms with Crippen molar-refractivity contribution in [3.63, 3.8) is 0 Å². The average molecular weight is 247 g/mol. The van der Waals surface area contributed by atoms with Gasteiger partial charge < -0.3 is 0 Å². The van der Waals surface area contributed by atoms with Gasteiger partial charge >= 0.3 is 6.55 Å². The SMILES string of the molecule is O=C(c1ccccc1)N(c1ccccc1)C(F)F. The second-order valence-corrected chi connectivity index (χ2v) is 3.65. The highest BCUT2D eigenvalue weighted by molar-refractivity contribution is 6.06. The van der Waals surface area contributed by atoms with Gasteiger partial charge in [0.1, 0.15) is 0 Å². The van der Waals surface area contributed by atoms with Crippen LogP contribution in [0.15, 0.2) is 60.7 Å². The van der Waals surface area contributed by atoms with Crippen molar-refractivity contribution in [1.82, 2.24) is 0 Å². The summed E-state index contributed by atoms with van der Waals surface area (Å²) in [7, 11) is 0. The lowest BCUT2D eigenvalue weighted by Crippen LogP contribution is -2.35. The van der Waals surface area contributed by atoms with Crippen LogP contribution in [-0.2, 0) is 0 Å². The molecule has 0 atom stereocenters. The predicted molar refractivity (Wildman–Crippen MR) is 65.7 cm³/mol. The molecule has 0 saturated heterocycles. The molecule has 0 bridgehead atoms. The van der Waals surface area contributed by atoms with E-state index < -0.39 is 12.5 Å². The Kier molecular flexibility index (Phi) is 3.67. The van der Waals surface area contributed by atoms with Gasteiger partial charge in [0.05, 0.1) is 0 Å². The molecule has 0 aliphatic rings. The van der Waals surface area contributed by atoms with Gasteiger partial charge in [-0.25, -0.2) is 0 Å². The number of para-hydroxylation sites is 1. The number of anilines is 1. The number of carbonyl (C=O) groups is 1. The zero-order valence-electron chi connectivity index (χ0n) is 9.46. The van der Waals surface area contributed by atoms with Crippen LogP contribution in [0.4, 0.5) is 14.5 Å². The van der Waals surface area contributed by atoms with Crippen molar-refractivity contribution in [3.8, 4) is 0 Å². The van der Waals surface area contributed by atoms with E-state index in [0.29, 0.717) is 4.90 Å². The summed E-state index contributed by atoms with van der Waals surface area (Å²) in [6, 6.07) is 15.9. The molecule has 2 aromatic carbocycles. The lowest BCUT2D eigenvalue weighted by molar-refractivity contribution is 0.0838. The van der Waals surface area contributed by atoms with Gasteiger partial charge in [0.25, 0.3) is 5.91 Å². The zero-order chi connectivity index (χ0) is 13.0. The molecule has 0 fully saturated rings. The fraction of sp³-hybridized carbons (Fsp3) is 0.0714. The molecule has 0 radical (unpaired) electrons. The first kappa shape index (κ1) is 12.2. The number of carbonyl (C=O) groups excluding carboxylic acids is 1. The molecule has 0 heterocycles. The van der Waals surface area contributed by atoms with Crippen LogP contribution in [0.1, 0.15) is 10.4 Å². The maximum atomic E-state index is 13.0. The summed E-state index contributed by atoms with van der Waals surface area (Å²) in [4.78, 5) is 12.5. The number of rotatable bonds is 3. The monoisotopic (exact) mass is 247 g/mol. The van der Waals surface area contributed by atoms with E-state index in [1.807, 2.05) is 0 Å². The second-order valence-electron chi connectivity index (χ2n) is 3.65. The van der Waals surface area contributed by atoms with E-state index in [4.69, 9.17) is 0 Å². The number of benzene rings is 2. The number of alkyl halides is 2. The van der Waals surface area contributed by atoms with Gasteiger partial charge in [-0.1, -0.05) is 36.4 Å². The third-order valence-electron chi connectivity index (χ3n) is 2.47. The highest BCUT2D eigenvalue weighted by Gasteiger charge is 2.25. The van der Waals surface area contributed by atoms with E-state index in [2.05, 4.69) is 0 Å². The molecule has 2 rings (SSSR count). The van der Waals surface area contributed by atoms with Crippen LogP contribution in [0.25, 0.3) is 0 Å². The molecule has 92 valence electrons. The van der Waals surface area contributed by atoms with Crippen molar-refractivity contribution >= 4 is 11.6 Å². The topological polar surface area (TPSA) is 20.3 Å². The smallest absolute Gasteiger partial charge is 0.269 e. The Labute approximate surface area is 103 Å². The fourth-order valence-corrected chi connectivity index (χ4v) is 1.63. The molecule has 2 nitrogen and oxygen atoms in total. The normalized spacial score (nSPS) is 10.4. The third kappa shape index (κ3) is 2.53. The largest absolute Gasteiger partial charge is 0.321 e. The van der Waals surface area contributed by atoms with Gasteiger partial charge in [-0.2, -0.15) is 8.78 Å². The van der Waals surface area contributed by atoms with Crippen LogP contribution in [0, 0.1) is 0 Å². The highest BCUT2D eigenvalue weighted by Crippen LogP contribution is 2.21. The highest BCUT2D eigenvalue weighted by atomic mass is 19.3.